The van der Waals surface area contributed by atoms with Crippen LogP contribution in [-0.4, -0.2) is 50.5 Å². The number of nitrogens with zero attached hydrogens (tertiary/aromatic N) is 2. The van der Waals surface area contributed by atoms with Crippen LogP contribution in [0.5, 0.6) is 0 Å². The standard InChI is InChI=1S/C24H32FN3O4S/c1-5-6-15-26-24(30)19(3)27(16-20-12-8-7-11-18(20)2)23(29)17-28(33(4,31)32)22-14-10-9-13-21(22)25/h7-14,19H,5-6,15-17H2,1-4H3,(H,26,30)/t19-/m0/s1. The fourth-order valence-corrected chi connectivity index (χ4v) is 4.19. The smallest absolute Gasteiger partial charge is 0.244 e. The fraction of sp³-hybridized carbons (Fsp3) is 0.417. The summed E-state index contributed by atoms with van der Waals surface area (Å²) in [5, 5.41) is 2.82. The monoisotopic (exact) mass is 477 g/mol. The summed E-state index contributed by atoms with van der Waals surface area (Å²) in [6.07, 6.45) is 2.63. The maximum absolute atomic E-state index is 14.4. The van der Waals surface area contributed by atoms with E-state index in [0.29, 0.717) is 6.54 Å². The Labute approximate surface area is 195 Å². The van der Waals surface area contributed by atoms with Gasteiger partial charge in [-0.05, 0) is 43.5 Å². The molecule has 180 valence electrons. The van der Waals surface area contributed by atoms with Gasteiger partial charge in [-0.15, -0.1) is 0 Å². The molecule has 1 atom stereocenters. The number of halogens is 1. The van der Waals surface area contributed by atoms with Crippen molar-refractivity contribution in [1.82, 2.24) is 10.2 Å². The predicted octanol–water partition coefficient (Wildman–Crippen LogP) is 3.23. The lowest BCUT2D eigenvalue weighted by Crippen LogP contribution is -2.51. The van der Waals surface area contributed by atoms with E-state index in [9.17, 15) is 22.4 Å². The van der Waals surface area contributed by atoms with Gasteiger partial charge in [0.25, 0.3) is 0 Å². The largest absolute Gasteiger partial charge is 0.354 e. The molecule has 7 nitrogen and oxygen atoms in total. The van der Waals surface area contributed by atoms with Gasteiger partial charge in [0.05, 0.1) is 11.9 Å². The number of carbonyl (C=O) groups excluding carboxylic acids is 2. The van der Waals surface area contributed by atoms with Crippen molar-refractivity contribution in [3.8, 4) is 0 Å². The molecular formula is C24H32FN3O4S. The van der Waals surface area contributed by atoms with E-state index in [1.807, 2.05) is 38.1 Å². The molecule has 0 bridgehead atoms. The Balaban J connectivity index is 2.37. The Bertz CT molecular complexity index is 1070. The number of anilines is 1. The van der Waals surface area contributed by atoms with E-state index in [-0.39, 0.29) is 18.1 Å². The van der Waals surface area contributed by atoms with E-state index in [4.69, 9.17) is 0 Å². The third-order valence-corrected chi connectivity index (χ3v) is 6.53. The lowest BCUT2D eigenvalue weighted by molar-refractivity contribution is -0.139. The molecule has 1 N–H and O–H groups in total. The number of unbranched alkanes of at least 4 members (excludes halogenated alkanes) is 1. The Morgan fingerprint density at radius 3 is 2.33 bits per heavy atom. The molecule has 2 aromatic rings. The summed E-state index contributed by atoms with van der Waals surface area (Å²) in [5.41, 5.74) is 1.54. The number of para-hydroxylation sites is 1. The first-order valence-electron chi connectivity index (χ1n) is 10.9. The van der Waals surface area contributed by atoms with Gasteiger partial charge in [0.2, 0.25) is 21.8 Å². The molecule has 0 saturated carbocycles. The lowest BCUT2D eigenvalue weighted by Gasteiger charge is -2.32. The molecule has 0 radical (unpaired) electrons. The first kappa shape index (κ1) is 26.3. The molecule has 33 heavy (non-hydrogen) atoms. The summed E-state index contributed by atoms with van der Waals surface area (Å²) >= 11 is 0. The van der Waals surface area contributed by atoms with E-state index in [1.165, 1.54) is 23.1 Å². The van der Waals surface area contributed by atoms with Crippen molar-refractivity contribution < 1.29 is 22.4 Å². The van der Waals surface area contributed by atoms with Gasteiger partial charge in [-0.2, -0.15) is 0 Å². The van der Waals surface area contributed by atoms with Crippen molar-refractivity contribution in [3.05, 3.63) is 65.5 Å². The van der Waals surface area contributed by atoms with E-state index < -0.39 is 34.3 Å². The number of hydrogen-bond donors (Lipinski definition) is 1. The number of benzene rings is 2. The number of nitrogens with one attached hydrogen (secondary N) is 1. The molecule has 0 aliphatic heterocycles. The molecule has 0 unspecified atom stereocenters. The average molecular weight is 478 g/mol. The molecule has 0 aliphatic rings. The van der Waals surface area contributed by atoms with Crippen molar-refractivity contribution in [2.45, 2.75) is 46.2 Å². The van der Waals surface area contributed by atoms with Gasteiger partial charge in [-0.1, -0.05) is 49.7 Å². The number of sulfonamides is 1. The van der Waals surface area contributed by atoms with Gasteiger partial charge < -0.3 is 10.2 Å². The SMILES string of the molecule is CCCCNC(=O)[C@H](C)N(Cc1ccccc1C)C(=O)CN(c1ccccc1F)S(C)(=O)=O. The highest BCUT2D eigenvalue weighted by atomic mass is 32.2. The molecule has 2 aromatic carbocycles. The lowest BCUT2D eigenvalue weighted by atomic mass is 10.1. The van der Waals surface area contributed by atoms with Crippen molar-refractivity contribution in [3.63, 3.8) is 0 Å². The van der Waals surface area contributed by atoms with Crippen LogP contribution in [-0.2, 0) is 26.2 Å². The van der Waals surface area contributed by atoms with Crippen LogP contribution >= 0.6 is 0 Å². The number of hydrogen-bond acceptors (Lipinski definition) is 4. The average Bonchev–Trinajstić information content (AvgIpc) is 2.76. The van der Waals surface area contributed by atoms with Gasteiger partial charge in [0.15, 0.2) is 0 Å². The van der Waals surface area contributed by atoms with Crippen molar-refractivity contribution in [2.24, 2.45) is 0 Å². The second kappa shape index (κ2) is 11.8. The third kappa shape index (κ3) is 7.28. The molecule has 0 spiro atoms. The maximum atomic E-state index is 14.4. The van der Waals surface area contributed by atoms with Gasteiger partial charge in [0, 0.05) is 13.1 Å². The van der Waals surface area contributed by atoms with Crippen LogP contribution in [0.2, 0.25) is 0 Å². The summed E-state index contributed by atoms with van der Waals surface area (Å²) in [7, 11) is -3.97. The molecular weight excluding hydrogens is 445 g/mol. The normalized spacial score (nSPS) is 12.2. The maximum Gasteiger partial charge on any atom is 0.244 e. The van der Waals surface area contributed by atoms with Crippen molar-refractivity contribution in [1.29, 1.82) is 0 Å². The van der Waals surface area contributed by atoms with Gasteiger partial charge in [-0.3, -0.25) is 13.9 Å². The molecule has 2 rings (SSSR count). The quantitative estimate of drug-likeness (QED) is 0.504. The number of amides is 2. The van der Waals surface area contributed by atoms with Crippen LogP contribution in [0, 0.1) is 12.7 Å². The fourth-order valence-electron chi connectivity index (χ4n) is 3.34. The van der Waals surface area contributed by atoms with Crippen LogP contribution in [0.25, 0.3) is 0 Å². The second-order valence-electron chi connectivity index (χ2n) is 7.99. The van der Waals surface area contributed by atoms with E-state index >= 15 is 0 Å². The van der Waals surface area contributed by atoms with Crippen LogP contribution in [0.3, 0.4) is 0 Å². The Hall–Kier alpha value is -2.94. The molecule has 2 amide bonds. The zero-order valence-corrected chi connectivity index (χ0v) is 20.4. The minimum atomic E-state index is -3.97. The summed E-state index contributed by atoms with van der Waals surface area (Å²) in [6, 6.07) is 12.0. The Morgan fingerprint density at radius 1 is 1.09 bits per heavy atom. The Morgan fingerprint density at radius 2 is 1.73 bits per heavy atom. The number of aryl methyl sites for hydroxylation is 1. The highest BCUT2D eigenvalue weighted by Gasteiger charge is 2.31. The molecule has 0 aromatic heterocycles. The topological polar surface area (TPSA) is 86.8 Å². The molecule has 0 aliphatic carbocycles. The van der Waals surface area contributed by atoms with E-state index in [0.717, 1.165) is 40.6 Å². The van der Waals surface area contributed by atoms with Gasteiger partial charge in [-0.25, -0.2) is 12.8 Å². The molecule has 9 heteroatoms. The second-order valence-corrected chi connectivity index (χ2v) is 9.90. The van der Waals surface area contributed by atoms with Gasteiger partial charge in [0.1, 0.15) is 18.4 Å². The van der Waals surface area contributed by atoms with Gasteiger partial charge >= 0.3 is 0 Å². The van der Waals surface area contributed by atoms with Crippen molar-refractivity contribution in [2.75, 3.05) is 23.7 Å². The minimum Gasteiger partial charge on any atom is -0.354 e. The summed E-state index contributed by atoms with van der Waals surface area (Å²) < 4.78 is 40.0. The number of carbonyl (C=O) groups is 2. The van der Waals surface area contributed by atoms with E-state index in [1.54, 1.807) is 6.92 Å². The molecule has 0 saturated heterocycles. The molecule has 0 heterocycles. The Kier molecular flexibility index (Phi) is 9.40. The molecule has 0 fully saturated rings. The van der Waals surface area contributed by atoms with Crippen LogP contribution in [0.4, 0.5) is 10.1 Å². The van der Waals surface area contributed by atoms with E-state index in [2.05, 4.69) is 5.32 Å². The van der Waals surface area contributed by atoms with Crippen LogP contribution in [0.1, 0.15) is 37.8 Å². The third-order valence-electron chi connectivity index (χ3n) is 5.40. The van der Waals surface area contributed by atoms with Crippen LogP contribution in [0.15, 0.2) is 48.5 Å². The highest BCUT2D eigenvalue weighted by Crippen LogP contribution is 2.22. The first-order valence-corrected chi connectivity index (χ1v) is 12.7. The minimum absolute atomic E-state index is 0.114. The number of rotatable bonds is 11. The predicted molar refractivity (Wildman–Crippen MR) is 128 cm³/mol. The van der Waals surface area contributed by atoms with Crippen molar-refractivity contribution >= 4 is 27.5 Å². The zero-order valence-electron chi connectivity index (χ0n) is 19.5. The van der Waals surface area contributed by atoms with Crippen LogP contribution < -0.4 is 9.62 Å². The summed E-state index contributed by atoms with van der Waals surface area (Å²) in [4.78, 5) is 27.5. The summed E-state index contributed by atoms with van der Waals surface area (Å²) in [6.45, 7) is 5.47. The zero-order chi connectivity index (χ0) is 24.6. The highest BCUT2D eigenvalue weighted by molar-refractivity contribution is 7.92. The summed E-state index contributed by atoms with van der Waals surface area (Å²) in [5.74, 6) is -1.70. The first-order chi connectivity index (χ1) is 15.6.